The van der Waals surface area contributed by atoms with Crippen LogP contribution in [0.15, 0.2) is 24.3 Å². The number of carbonyl (C=O) groups excluding carboxylic acids is 1. The van der Waals surface area contributed by atoms with Gasteiger partial charge in [0, 0.05) is 24.7 Å². The summed E-state index contributed by atoms with van der Waals surface area (Å²) in [6.07, 6.45) is 0. The minimum absolute atomic E-state index is 0.0602. The first kappa shape index (κ1) is 13.4. The predicted octanol–water partition coefficient (Wildman–Crippen LogP) is 2.30. The number of rotatable bonds is 3. The highest BCUT2D eigenvalue weighted by molar-refractivity contribution is 6.31. The second-order valence-corrected chi connectivity index (χ2v) is 5.45. The third-order valence-corrected chi connectivity index (χ3v) is 3.69. The van der Waals surface area contributed by atoms with Crippen LogP contribution >= 0.6 is 11.6 Å². The van der Waals surface area contributed by atoms with Crippen LogP contribution in [0.1, 0.15) is 19.4 Å². The zero-order valence-electron chi connectivity index (χ0n) is 10.8. The first-order valence-corrected chi connectivity index (χ1v) is 6.72. The minimum atomic E-state index is -0.0602. The molecule has 1 aromatic rings. The first-order valence-electron chi connectivity index (χ1n) is 6.34. The normalized spacial score (nSPS) is 21.1. The number of amides is 1. The summed E-state index contributed by atoms with van der Waals surface area (Å²) in [5.41, 5.74) is 1.08. The van der Waals surface area contributed by atoms with E-state index in [2.05, 4.69) is 24.1 Å². The molecule has 1 fully saturated rings. The largest absolute Gasteiger partial charge is 0.353 e. The lowest BCUT2D eigenvalue weighted by Crippen LogP contribution is -2.56. The number of nitrogens with one attached hydrogen (secondary N) is 1. The standard InChI is InChI=1S/C14H19ClN2O/c1-10(2)13-14(18)16-7-8-17(13)9-11-5-3-4-6-12(11)15/h3-6,10,13H,7-9H2,1-2H3,(H,16,18). The van der Waals surface area contributed by atoms with E-state index in [1.165, 1.54) is 0 Å². The molecule has 0 spiro atoms. The maximum Gasteiger partial charge on any atom is 0.237 e. The van der Waals surface area contributed by atoms with Crippen LogP contribution in [0.3, 0.4) is 0 Å². The van der Waals surface area contributed by atoms with Gasteiger partial charge in [-0.1, -0.05) is 43.6 Å². The lowest BCUT2D eigenvalue weighted by atomic mass is 9.99. The predicted molar refractivity (Wildman–Crippen MR) is 73.5 cm³/mol. The minimum Gasteiger partial charge on any atom is -0.353 e. The summed E-state index contributed by atoms with van der Waals surface area (Å²) in [5.74, 6) is 0.427. The first-order chi connectivity index (χ1) is 8.59. The van der Waals surface area contributed by atoms with E-state index in [-0.39, 0.29) is 11.9 Å². The number of carbonyl (C=O) groups is 1. The molecule has 2 rings (SSSR count). The summed E-state index contributed by atoms with van der Waals surface area (Å²) >= 11 is 6.18. The summed E-state index contributed by atoms with van der Waals surface area (Å²) in [5, 5.41) is 3.70. The van der Waals surface area contributed by atoms with Gasteiger partial charge in [-0.15, -0.1) is 0 Å². The second kappa shape index (κ2) is 5.72. The van der Waals surface area contributed by atoms with Gasteiger partial charge in [-0.2, -0.15) is 0 Å². The molecule has 1 atom stereocenters. The Labute approximate surface area is 113 Å². The van der Waals surface area contributed by atoms with Gasteiger partial charge in [0.25, 0.3) is 0 Å². The van der Waals surface area contributed by atoms with Gasteiger partial charge in [0.1, 0.15) is 0 Å². The van der Waals surface area contributed by atoms with Crippen LogP contribution in [-0.2, 0) is 11.3 Å². The molecule has 18 heavy (non-hydrogen) atoms. The molecule has 1 aliphatic heterocycles. The summed E-state index contributed by atoms with van der Waals surface area (Å²) in [4.78, 5) is 14.1. The van der Waals surface area contributed by atoms with Crippen molar-refractivity contribution in [1.29, 1.82) is 0 Å². The molecule has 4 heteroatoms. The molecular formula is C14H19ClN2O. The van der Waals surface area contributed by atoms with Gasteiger partial charge < -0.3 is 5.32 Å². The summed E-state index contributed by atoms with van der Waals surface area (Å²) in [6, 6.07) is 7.76. The molecule has 1 heterocycles. The van der Waals surface area contributed by atoms with Crippen molar-refractivity contribution in [3.63, 3.8) is 0 Å². The quantitative estimate of drug-likeness (QED) is 0.911. The van der Waals surface area contributed by atoms with E-state index in [1.807, 2.05) is 24.3 Å². The summed E-state index contributed by atoms with van der Waals surface area (Å²) < 4.78 is 0. The Bertz CT molecular complexity index is 434. The highest BCUT2D eigenvalue weighted by atomic mass is 35.5. The fourth-order valence-electron chi connectivity index (χ4n) is 2.48. The molecule has 0 radical (unpaired) electrons. The molecule has 1 unspecified atom stereocenters. The third-order valence-electron chi connectivity index (χ3n) is 3.32. The highest BCUT2D eigenvalue weighted by Gasteiger charge is 2.32. The Morgan fingerprint density at radius 3 is 2.83 bits per heavy atom. The van der Waals surface area contributed by atoms with Crippen molar-refractivity contribution >= 4 is 17.5 Å². The van der Waals surface area contributed by atoms with Crippen molar-refractivity contribution < 1.29 is 4.79 Å². The topological polar surface area (TPSA) is 32.3 Å². The van der Waals surface area contributed by atoms with E-state index in [1.54, 1.807) is 0 Å². The zero-order chi connectivity index (χ0) is 13.1. The van der Waals surface area contributed by atoms with E-state index in [0.717, 1.165) is 23.7 Å². The van der Waals surface area contributed by atoms with E-state index >= 15 is 0 Å². The van der Waals surface area contributed by atoms with Gasteiger partial charge in [-0.05, 0) is 17.5 Å². The average molecular weight is 267 g/mol. The van der Waals surface area contributed by atoms with Crippen LogP contribution < -0.4 is 5.32 Å². The highest BCUT2D eigenvalue weighted by Crippen LogP contribution is 2.21. The molecule has 0 bridgehead atoms. The Morgan fingerprint density at radius 1 is 1.44 bits per heavy atom. The molecular weight excluding hydrogens is 248 g/mol. The van der Waals surface area contributed by atoms with Crippen molar-refractivity contribution in [3.05, 3.63) is 34.9 Å². The van der Waals surface area contributed by atoms with Crippen molar-refractivity contribution in [1.82, 2.24) is 10.2 Å². The number of halogens is 1. The maximum atomic E-state index is 11.9. The second-order valence-electron chi connectivity index (χ2n) is 5.04. The number of piperazine rings is 1. The fourth-order valence-corrected chi connectivity index (χ4v) is 2.67. The Hall–Kier alpha value is -1.06. The van der Waals surface area contributed by atoms with Gasteiger partial charge in [0.05, 0.1) is 6.04 Å². The molecule has 3 nitrogen and oxygen atoms in total. The molecule has 0 aromatic heterocycles. The lowest BCUT2D eigenvalue weighted by Gasteiger charge is -2.37. The number of nitrogens with zero attached hydrogens (tertiary/aromatic N) is 1. The molecule has 1 saturated heterocycles. The summed E-state index contributed by atoms with van der Waals surface area (Å²) in [6.45, 7) is 6.48. The smallest absolute Gasteiger partial charge is 0.237 e. The Kier molecular flexibility index (Phi) is 4.25. The van der Waals surface area contributed by atoms with Crippen molar-refractivity contribution in [2.75, 3.05) is 13.1 Å². The van der Waals surface area contributed by atoms with Crippen molar-refractivity contribution in [2.24, 2.45) is 5.92 Å². The number of hydrogen-bond acceptors (Lipinski definition) is 2. The monoisotopic (exact) mass is 266 g/mol. The van der Waals surface area contributed by atoms with E-state index in [0.29, 0.717) is 12.5 Å². The molecule has 1 N–H and O–H groups in total. The molecule has 0 aliphatic carbocycles. The molecule has 1 amide bonds. The van der Waals surface area contributed by atoms with Crippen LogP contribution in [0.4, 0.5) is 0 Å². The van der Waals surface area contributed by atoms with Crippen LogP contribution in [0, 0.1) is 5.92 Å². The fraction of sp³-hybridized carbons (Fsp3) is 0.500. The molecule has 98 valence electrons. The van der Waals surface area contributed by atoms with Gasteiger partial charge in [0.15, 0.2) is 0 Å². The van der Waals surface area contributed by atoms with Gasteiger partial charge >= 0.3 is 0 Å². The lowest BCUT2D eigenvalue weighted by molar-refractivity contribution is -0.131. The van der Waals surface area contributed by atoms with Crippen LogP contribution in [0.5, 0.6) is 0 Å². The van der Waals surface area contributed by atoms with Crippen LogP contribution in [0.25, 0.3) is 0 Å². The van der Waals surface area contributed by atoms with E-state index in [9.17, 15) is 4.79 Å². The molecule has 0 saturated carbocycles. The van der Waals surface area contributed by atoms with Gasteiger partial charge in [0.2, 0.25) is 5.91 Å². The van der Waals surface area contributed by atoms with E-state index in [4.69, 9.17) is 11.6 Å². The van der Waals surface area contributed by atoms with Crippen molar-refractivity contribution in [2.45, 2.75) is 26.4 Å². The van der Waals surface area contributed by atoms with Crippen LogP contribution in [-0.4, -0.2) is 29.9 Å². The Balaban J connectivity index is 2.16. The Morgan fingerprint density at radius 2 is 2.17 bits per heavy atom. The van der Waals surface area contributed by atoms with Crippen LogP contribution in [0.2, 0.25) is 5.02 Å². The van der Waals surface area contributed by atoms with Gasteiger partial charge in [-0.3, -0.25) is 9.69 Å². The molecule has 1 aromatic carbocycles. The third kappa shape index (κ3) is 2.85. The van der Waals surface area contributed by atoms with Crippen molar-refractivity contribution in [3.8, 4) is 0 Å². The molecule has 1 aliphatic rings. The van der Waals surface area contributed by atoms with Gasteiger partial charge in [-0.25, -0.2) is 0 Å². The number of hydrogen-bond donors (Lipinski definition) is 1. The summed E-state index contributed by atoms with van der Waals surface area (Å²) in [7, 11) is 0. The zero-order valence-corrected chi connectivity index (χ0v) is 11.6. The van der Waals surface area contributed by atoms with E-state index < -0.39 is 0 Å². The SMILES string of the molecule is CC(C)C1C(=O)NCCN1Cc1ccccc1Cl. The maximum absolute atomic E-state index is 11.9. The average Bonchev–Trinajstić information content (AvgIpc) is 2.31. The number of benzene rings is 1.